The third-order valence-electron chi connectivity index (χ3n) is 12.1. The molecule has 7 rings (SSSR count). The molecule has 4 saturated heterocycles. The summed E-state index contributed by atoms with van der Waals surface area (Å²) in [4.78, 5) is 60.4. The second kappa shape index (κ2) is 14.8. The average Bonchev–Trinajstić information content (AvgIpc) is 3.15. The molecule has 3 atom stereocenters. The summed E-state index contributed by atoms with van der Waals surface area (Å²) in [7, 11) is 3.73. The smallest absolute Gasteiger partial charge is 0.379 e. The van der Waals surface area contributed by atoms with E-state index in [-0.39, 0.29) is 53.1 Å². The lowest BCUT2D eigenvalue weighted by Gasteiger charge is -2.47. The van der Waals surface area contributed by atoms with E-state index in [9.17, 15) is 32.3 Å². The number of imide groups is 1. The molecule has 288 valence electrons. The van der Waals surface area contributed by atoms with E-state index in [0.717, 1.165) is 68.7 Å². The molecular formula is C39H47F3N8O4. The summed E-state index contributed by atoms with van der Waals surface area (Å²) in [6.07, 6.45) is 2.26. The fourth-order valence-corrected chi connectivity index (χ4v) is 8.80. The van der Waals surface area contributed by atoms with Crippen molar-refractivity contribution in [2.45, 2.75) is 75.9 Å². The minimum atomic E-state index is -4.68. The number of nitrogens with one attached hydrogen (secondary N) is 2. The monoisotopic (exact) mass is 748 g/mol. The number of pyridine rings is 1. The second-order valence-electron chi connectivity index (χ2n) is 15.6. The van der Waals surface area contributed by atoms with E-state index < -0.39 is 29.5 Å². The Bertz CT molecular complexity index is 1970. The normalized spacial score (nSPS) is 23.7. The van der Waals surface area contributed by atoms with E-state index in [0.29, 0.717) is 37.3 Å². The van der Waals surface area contributed by atoms with Crippen LogP contribution in [0.4, 0.5) is 24.7 Å². The molecule has 4 fully saturated rings. The Balaban J connectivity index is 0.935. The number of benzene rings is 1. The third kappa shape index (κ3) is 7.73. The molecule has 6 heterocycles. The van der Waals surface area contributed by atoms with Gasteiger partial charge in [-0.2, -0.15) is 18.3 Å². The molecule has 0 bridgehead atoms. The summed E-state index contributed by atoms with van der Waals surface area (Å²) in [5, 5.41) is 9.85. The molecule has 1 spiro atoms. The maximum atomic E-state index is 14.2. The maximum absolute atomic E-state index is 14.2. The fraction of sp³-hybridized carbons (Fsp3) is 0.538. The van der Waals surface area contributed by atoms with Gasteiger partial charge in [0.25, 0.3) is 11.5 Å². The predicted molar refractivity (Wildman–Crippen MR) is 196 cm³/mol. The molecule has 3 amide bonds. The van der Waals surface area contributed by atoms with Gasteiger partial charge in [-0.1, -0.05) is 12.1 Å². The zero-order chi connectivity index (χ0) is 38.4. The molecule has 12 nitrogen and oxygen atoms in total. The van der Waals surface area contributed by atoms with E-state index in [4.69, 9.17) is 0 Å². The van der Waals surface area contributed by atoms with Gasteiger partial charge in [0.15, 0.2) is 0 Å². The zero-order valence-corrected chi connectivity index (χ0v) is 30.9. The van der Waals surface area contributed by atoms with Gasteiger partial charge in [0.1, 0.15) is 5.82 Å². The first-order chi connectivity index (χ1) is 25.7. The number of likely N-dealkylation sites (N-methyl/N-ethyl adjacent to an activating group) is 1. The van der Waals surface area contributed by atoms with Crippen LogP contribution in [0.15, 0.2) is 47.5 Å². The van der Waals surface area contributed by atoms with Gasteiger partial charge in [-0.05, 0) is 93.2 Å². The lowest BCUT2D eigenvalue weighted by atomic mass is 9.71. The van der Waals surface area contributed by atoms with Gasteiger partial charge in [-0.15, -0.1) is 0 Å². The molecule has 3 aromatic rings. The fourth-order valence-electron chi connectivity index (χ4n) is 8.80. The summed E-state index contributed by atoms with van der Waals surface area (Å²) >= 11 is 0. The Kier molecular flexibility index (Phi) is 10.3. The number of piperidine rings is 4. The summed E-state index contributed by atoms with van der Waals surface area (Å²) in [5.74, 6) is -1.80. The minimum absolute atomic E-state index is 0.00255. The molecule has 1 unspecified atom stereocenters. The van der Waals surface area contributed by atoms with Crippen molar-refractivity contribution in [2.75, 3.05) is 56.5 Å². The Morgan fingerprint density at radius 2 is 1.65 bits per heavy atom. The van der Waals surface area contributed by atoms with Crippen molar-refractivity contribution < 1.29 is 27.6 Å². The van der Waals surface area contributed by atoms with Crippen molar-refractivity contribution in [3.63, 3.8) is 0 Å². The number of nitrogens with zero attached hydrogens (tertiary/aromatic N) is 6. The van der Waals surface area contributed by atoms with Crippen molar-refractivity contribution in [3.05, 3.63) is 80.9 Å². The number of anilines is 2. The third-order valence-corrected chi connectivity index (χ3v) is 12.1. The average molecular weight is 749 g/mol. The van der Waals surface area contributed by atoms with E-state index in [2.05, 4.69) is 44.8 Å². The number of halogens is 3. The largest absolute Gasteiger partial charge is 0.416 e. The van der Waals surface area contributed by atoms with Gasteiger partial charge >= 0.3 is 6.18 Å². The SMILES string of the molecule is Cc1c(N[C@H]2C[C@@H](c3ccc(C(=O)N4CCC5(CC4)CCN(c4cc(C(F)(F)F)c(C6CCC(=O)NC6=O)cn4)CC5)cc3)CN(C)C2)cnn(C)c1=O. The minimum Gasteiger partial charge on any atom is -0.379 e. The molecule has 1 aromatic carbocycles. The van der Waals surface area contributed by atoms with E-state index in [1.165, 1.54) is 4.68 Å². The van der Waals surface area contributed by atoms with Crippen LogP contribution in [0.3, 0.4) is 0 Å². The summed E-state index contributed by atoms with van der Waals surface area (Å²) in [5.41, 5.74) is 2.01. The highest BCUT2D eigenvalue weighted by atomic mass is 19.4. The topological polar surface area (TPSA) is 133 Å². The van der Waals surface area contributed by atoms with Crippen LogP contribution < -0.4 is 21.1 Å². The second-order valence-corrected chi connectivity index (χ2v) is 15.6. The van der Waals surface area contributed by atoms with Gasteiger partial charge in [-0.3, -0.25) is 24.5 Å². The van der Waals surface area contributed by atoms with Gasteiger partial charge in [0, 0.05) is 76.1 Å². The molecule has 0 aliphatic carbocycles. The first-order valence-electron chi connectivity index (χ1n) is 18.7. The van der Waals surface area contributed by atoms with Crippen LogP contribution in [-0.4, -0.2) is 94.6 Å². The number of aryl methyl sites for hydroxylation is 1. The van der Waals surface area contributed by atoms with Gasteiger partial charge in [0.2, 0.25) is 11.8 Å². The standard InChI is InChI=1S/C39H47F3N8O4/c1-24-32(21-44-48(3)36(24)53)45-28-18-27(22-47(2)23-28)25-4-6-26(7-5-25)37(54)50-16-12-38(13-17-50)10-14-49(15-11-38)33-19-31(39(40,41)42)30(20-43-33)29-8-9-34(51)46-35(29)52/h4-7,19-21,27-29,45H,8-18,22-23H2,1-3H3,(H,46,51,52)/t27-,28+,29?/m1/s1. The van der Waals surface area contributed by atoms with Crippen molar-refractivity contribution >= 4 is 29.2 Å². The Morgan fingerprint density at radius 3 is 2.31 bits per heavy atom. The number of aromatic nitrogens is 3. The quantitative estimate of drug-likeness (QED) is 0.351. The van der Waals surface area contributed by atoms with Gasteiger partial charge in [-0.25, -0.2) is 9.67 Å². The first-order valence-corrected chi connectivity index (χ1v) is 18.7. The first kappa shape index (κ1) is 37.5. The highest BCUT2D eigenvalue weighted by molar-refractivity contribution is 6.01. The van der Waals surface area contributed by atoms with Crippen LogP contribution in [0.1, 0.15) is 89.4 Å². The summed E-state index contributed by atoms with van der Waals surface area (Å²) < 4.78 is 43.9. The van der Waals surface area contributed by atoms with Crippen LogP contribution in [0.2, 0.25) is 0 Å². The predicted octanol–water partition coefficient (Wildman–Crippen LogP) is 4.45. The van der Waals surface area contributed by atoms with Crippen molar-refractivity contribution in [2.24, 2.45) is 12.5 Å². The number of hydrogen-bond acceptors (Lipinski definition) is 9. The van der Waals surface area contributed by atoms with Crippen molar-refractivity contribution in [3.8, 4) is 0 Å². The van der Waals surface area contributed by atoms with Crippen molar-refractivity contribution in [1.29, 1.82) is 0 Å². The van der Waals surface area contributed by atoms with Crippen molar-refractivity contribution in [1.82, 2.24) is 29.9 Å². The molecule has 0 radical (unpaired) electrons. The highest BCUT2D eigenvalue weighted by Crippen LogP contribution is 2.44. The zero-order valence-electron chi connectivity index (χ0n) is 30.9. The molecule has 0 saturated carbocycles. The number of likely N-dealkylation sites (tertiary alicyclic amines) is 2. The lowest BCUT2D eigenvalue weighted by molar-refractivity contribution is -0.139. The van der Waals surface area contributed by atoms with Crippen LogP contribution in [0, 0.1) is 12.3 Å². The number of amides is 3. The number of carbonyl (C=O) groups is 3. The number of rotatable bonds is 6. The molecule has 2 aromatic heterocycles. The molecular weight excluding hydrogens is 701 g/mol. The summed E-state index contributed by atoms with van der Waals surface area (Å²) in [6.45, 7) is 5.87. The Morgan fingerprint density at radius 1 is 0.963 bits per heavy atom. The van der Waals surface area contributed by atoms with Gasteiger partial charge < -0.3 is 20.0 Å². The molecule has 4 aliphatic rings. The number of carbonyl (C=O) groups excluding carboxylic acids is 3. The molecule has 2 N–H and O–H groups in total. The lowest BCUT2D eigenvalue weighted by Crippen LogP contribution is -2.48. The molecule has 15 heteroatoms. The van der Waals surface area contributed by atoms with Gasteiger partial charge in [0.05, 0.1) is 23.4 Å². The maximum Gasteiger partial charge on any atom is 0.416 e. The molecule has 54 heavy (non-hydrogen) atoms. The summed E-state index contributed by atoms with van der Waals surface area (Å²) in [6, 6.07) is 9.11. The van der Waals surface area contributed by atoms with Crippen LogP contribution in [-0.2, 0) is 22.8 Å². The number of hydrogen-bond donors (Lipinski definition) is 2. The Labute approximate surface area is 312 Å². The number of alkyl halides is 3. The Hall–Kier alpha value is -4.79. The van der Waals surface area contributed by atoms with Crippen LogP contribution in [0.25, 0.3) is 0 Å². The van der Waals surface area contributed by atoms with Crippen LogP contribution in [0.5, 0.6) is 0 Å². The highest BCUT2D eigenvalue weighted by Gasteiger charge is 2.42. The molecule has 4 aliphatic heterocycles. The van der Waals surface area contributed by atoms with E-state index in [1.54, 1.807) is 13.2 Å². The van der Waals surface area contributed by atoms with E-state index in [1.807, 2.05) is 28.9 Å². The van der Waals surface area contributed by atoms with E-state index >= 15 is 0 Å². The van der Waals surface area contributed by atoms with Crippen LogP contribution >= 0.6 is 0 Å².